The van der Waals surface area contributed by atoms with Crippen molar-refractivity contribution in [1.82, 2.24) is 14.5 Å². The molecule has 1 amide bonds. The van der Waals surface area contributed by atoms with E-state index >= 15 is 0 Å². The molecule has 0 saturated carbocycles. The van der Waals surface area contributed by atoms with E-state index in [1.807, 2.05) is 25.2 Å². The number of amides is 1. The molecule has 3 rings (SSSR count). The summed E-state index contributed by atoms with van der Waals surface area (Å²) in [6.45, 7) is 2.92. The average molecular weight is 531 g/mol. The largest absolute Gasteiger partial charge is 0.337 e. The maximum absolute atomic E-state index is 13.1. The van der Waals surface area contributed by atoms with Gasteiger partial charge < -0.3 is 9.80 Å². The third kappa shape index (κ3) is 6.52. The van der Waals surface area contributed by atoms with Crippen LogP contribution < -0.4 is 4.72 Å². The Hall–Kier alpha value is -1.45. The number of benzene rings is 2. The van der Waals surface area contributed by atoms with Crippen LogP contribution in [0.2, 0.25) is 0 Å². The van der Waals surface area contributed by atoms with Gasteiger partial charge in [-0.2, -0.15) is 0 Å². The van der Waals surface area contributed by atoms with Gasteiger partial charge in [0.05, 0.1) is 17.4 Å². The number of sulfonamides is 1. The number of nitrogens with one attached hydrogen (secondary N) is 1. The molecule has 2 aromatic rings. The summed E-state index contributed by atoms with van der Waals surface area (Å²) in [6, 6.07) is 15.0. The first-order valence-electron chi connectivity index (χ1n) is 10.1. The molecule has 1 aliphatic heterocycles. The number of carbonyl (C=O) groups excluding carboxylic acids is 1. The monoisotopic (exact) mass is 529 g/mol. The second-order valence-electron chi connectivity index (χ2n) is 7.59. The van der Waals surface area contributed by atoms with E-state index in [1.54, 1.807) is 23.1 Å². The third-order valence-corrected chi connectivity index (χ3v) is 7.99. The second-order valence-corrected chi connectivity index (χ2v) is 10.3. The van der Waals surface area contributed by atoms with Gasteiger partial charge in [-0.25, -0.2) is 13.1 Å². The van der Waals surface area contributed by atoms with Crippen molar-refractivity contribution in [3.8, 4) is 0 Å². The van der Waals surface area contributed by atoms with Crippen LogP contribution in [0.3, 0.4) is 0 Å². The van der Waals surface area contributed by atoms with Gasteiger partial charge in [-0.1, -0.05) is 36.4 Å². The summed E-state index contributed by atoms with van der Waals surface area (Å²) < 4.78 is 27.3. The number of likely N-dealkylation sites (tertiary alicyclic amines) is 1. The number of likely N-dealkylation sites (N-methyl/N-ethyl adjacent to an activating group) is 1. The number of hydrogen-bond donors (Lipinski definition) is 1. The predicted molar refractivity (Wildman–Crippen MR) is 129 cm³/mol. The van der Waals surface area contributed by atoms with Gasteiger partial charge in [0.25, 0.3) is 0 Å². The van der Waals surface area contributed by atoms with Crippen LogP contribution in [0, 0.1) is 0 Å². The molecule has 0 aromatic heterocycles. The first-order chi connectivity index (χ1) is 14.3. The number of carbonyl (C=O) groups is 1. The molecule has 1 atom stereocenters. The molecule has 0 bridgehead atoms. The Balaban J connectivity index is 0.00000341. The third-order valence-electron chi connectivity index (χ3n) is 5.58. The highest BCUT2D eigenvalue weighted by Gasteiger charge is 2.26. The Morgan fingerprint density at radius 1 is 1.16 bits per heavy atom. The Morgan fingerprint density at radius 2 is 1.81 bits per heavy atom. The van der Waals surface area contributed by atoms with Crippen LogP contribution in [0.5, 0.6) is 0 Å². The van der Waals surface area contributed by atoms with Crippen molar-refractivity contribution in [2.75, 3.05) is 33.7 Å². The van der Waals surface area contributed by atoms with Gasteiger partial charge in [0.2, 0.25) is 15.9 Å². The molecule has 6 nitrogen and oxygen atoms in total. The number of hydrogen-bond acceptors (Lipinski definition) is 4. The van der Waals surface area contributed by atoms with Crippen molar-refractivity contribution in [2.45, 2.75) is 30.2 Å². The summed E-state index contributed by atoms with van der Waals surface area (Å²) >= 11 is 3.28. The number of rotatable bonds is 8. The molecule has 1 heterocycles. The normalized spacial score (nSPS) is 15.3. The Kier molecular flexibility index (Phi) is 9.51. The zero-order valence-corrected chi connectivity index (χ0v) is 21.0. The van der Waals surface area contributed by atoms with E-state index in [0.29, 0.717) is 10.0 Å². The molecule has 0 aliphatic carbocycles. The maximum atomic E-state index is 13.1. The second kappa shape index (κ2) is 11.4. The van der Waals surface area contributed by atoms with Crippen LogP contribution in [0.4, 0.5) is 0 Å². The topological polar surface area (TPSA) is 69.7 Å². The molecule has 1 N–H and O–H groups in total. The predicted octanol–water partition coefficient (Wildman–Crippen LogP) is 3.62. The fourth-order valence-electron chi connectivity index (χ4n) is 3.78. The van der Waals surface area contributed by atoms with Crippen LogP contribution in [-0.4, -0.2) is 57.9 Å². The highest BCUT2D eigenvalue weighted by atomic mass is 79.9. The van der Waals surface area contributed by atoms with Gasteiger partial charge in [0.15, 0.2) is 0 Å². The first kappa shape index (κ1) is 25.8. The van der Waals surface area contributed by atoms with Crippen LogP contribution in [0.25, 0.3) is 0 Å². The van der Waals surface area contributed by atoms with Crippen molar-refractivity contribution in [3.05, 3.63) is 64.1 Å². The Morgan fingerprint density at radius 3 is 2.42 bits per heavy atom. The van der Waals surface area contributed by atoms with Gasteiger partial charge in [-0.15, -0.1) is 12.4 Å². The fraction of sp³-hybridized carbons (Fsp3) is 0.409. The maximum Gasteiger partial charge on any atom is 0.241 e. The van der Waals surface area contributed by atoms with E-state index in [0.717, 1.165) is 25.2 Å². The van der Waals surface area contributed by atoms with E-state index in [1.165, 1.54) is 19.9 Å². The quantitative estimate of drug-likeness (QED) is 0.566. The zero-order valence-electron chi connectivity index (χ0n) is 17.8. The molecule has 170 valence electrons. The van der Waals surface area contributed by atoms with Crippen molar-refractivity contribution >= 4 is 44.3 Å². The summed E-state index contributed by atoms with van der Waals surface area (Å²) in [5.41, 5.74) is 1.77. The van der Waals surface area contributed by atoms with Crippen LogP contribution in [0.15, 0.2) is 57.9 Å². The van der Waals surface area contributed by atoms with Crippen molar-refractivity contribution in [3.63, 3.8) is 0 Å². The van der Waals surface area contributed by atoms with E-state index in [9.17, 15) is 13.2 Å². The van der Waals surface area contributed by atoms with Crippen LogP contribution >= 0.6 is 28.3 Å². The molecule has 31 heavy (non-hydrogen) atoms. The van der Waals surface area contributed by atoms with Gasteiger partial charge in [0.1, 0.15) is 0 Å². The minimum absolute atomic E-state index is 0. The molecular weight excluding hydrogens is 502 g/mol. The van der Waals surface area contributed by atoms with Gasteiger partial charge in [-0.3, -0.25) is 4.79 Å². The molecule has 9 heteroatoms. The van der Waals surface area contributed by atoms with Gasteiger partial charge >= 0.3 is 0 Å². The lowest BCUT2D eigenvalue weighted by atomic mass is 10.0. The van der Waals surface area contributed by atoms with Gasteiger partial charge in [0, 0.05) is 18.1 Å². The summed E-state index contributed by atoms with van der Waals surface area (Å²) in [7, 11) is -0.406. The summed E-state index contributed by atoms with van der Waals surface area (Å²) in [4.78, 5) is 17.5. The van der Waals surface area contributed by atoms with E-state index in [4.69, 9.17) is 0 Å². The van der Waals surface area contributed by atoms with E-state index in [2.05, 4.69) is 37.7 Å². The lowest BCUT2D eigenvalue weighted by molar-refractivity contribution is -0.131. The standard InChI is InChI=1S/C22H28BrN3O3S.ClH/c1-24-30(28,29)21-14-17(10-11-19(21)23)15-22(27)25(2)20(16-26-12-6-7-13-26)18-8-4-3-5-9-18;/h3-5,8-11,14,20,24H,6-7,12-13,15-16H2,1-2H3;1H/t20-;/m1./s1. The first-order valence-corrected chi connectivity index (χ1v) is 12.3. The SMILES string of the molecule is CNS(=O)(=O)c1cc(CC(=O)N(C)[C@H](CN2CCCC2)c2ccccc2)ccc1Br.Cl. The highest BCUT2D eigenvalue weighted by molar-refractivity contribution is 9.10. The Labute approximate surface area is 199 Å². The summed E-state index contributed by atoms with van der Waals surface area (Å²) in [6.07, 6.45) is 2.53. The molecule has 1 saturated heterocycles. The van der Waals surface area contributed by atoms with Crippen LogP contribution in [-0.2, 0) is 21.2 Å². The minimum Gasteiger partial charge on any atom is -0.337 e. The highest BCUT2D eigenvalue weighted by Crippen LogP contribution is 2.26. The summed E-state index contributed by atoms with van der Waals surface area (Å²) in [5.74, 6) is -0.0434. The molecule has 0 unspecified atom stereocenters. The smallest absolute Gasteiger partial charge is 0.241 e. The molecule has 1 aliphatic rings. The number of nitrogens with zero attached hydrogens (tertiary/aromatic N) is 2. The zero-order chi connectivity index (χ0) is 21.7. The summed E-state index contributed by atoms with van der Waals surface area (Å²) in [5, 5.41) is 0. The Bertz CT molecular complexity index is 983. The molecule has 0 spiro atoms. The lowest BCUT2D eigenvalue weighted by Crippen LogP contribution is -2.39. The molecular formula is C22H29BrClN3O3S. The average Bonchev–Trinajstić information content (AvgIpc) is 3.26. The molecule has 0 radical (unpaired) electrons. The van der Waals surface area contributed by atoms with E-state index in [-0.39, 0.29) is 35.7 Å². The van der Waals surface area contributed by atoms with E-state index < -0.39 is 10.0 Å². The lowest BCUT2D eigenvalue weighted by Gasteiger charge is -2.32. The number of halogens is 2. The minimum atomic E-state index is -3.61. The molecule has 1 fully saturated rings. The van der Waals surface area contributed by atoms with Crippen molar-refractivity contribution in [2.24, 2.45) is 0 Å². The van der Waals surface area contributed by atoms with Gasteiger partial charge in [-0.05, 0) is 72.2 Å². The fourth-order valence-corrected chi connectivity index (χ4v) is 5.52. The van der Waals surface area contributed by atoms with Crippen molar-refractivity contribution in [1.29, 1.82) is 0 Å². The van der Waals surface area contributed by atoms with Crippen molar-refractivity contribution < 1.29 is 13.2 Å². The van der Waals surface area contributed by atoms with Crippen LogP contribution in [0.1, 0.15) is 30.0 Å². The molecule has 2 aromatic carbocycles.